The van der Waals surface area contributed by atoms with E-state index in [0.717, 1.165) is 25.9 Å². The number of carbonyl (C=O) groups excluding carboxylic acids is 1. The van der Waals surface area contributed by atoms with Crippen molar-refractivity contribution >= 4 is 29.1 Å². The van der Waals surface area contributed by atoms with Gasteiger partial charge in [0, 0.05) is 26.8 Å². The van der Waals surface area contributed by atoms with Crippen LogP contribution in [-0.2, 0) is 16.5 Å². The monoisotopic (exact) mass is 334 g/mol. The maximum Gasteiger partial charge on any atom is 0.267 e. The summed E-state index contributed by atoms with van der Waals surface area (Å²) >= 11 is 11.8. The normalized spacial score (nSPS) is 18.1. The third-order valence-electron chi connectivity index (χ3n) is 3.43. The second-order valence-corrected chi connectivity index (χ2v) is 5.81. The van der Waals surface area contributed by atoms with Crippen LogP contribution in [0, 0.1) is 0 Å². The molecule has 0 unspecified atom stereocenters. The van der Waals surface area contributed by atoms with E-state index in [1.807, 2.05) is 0 Å². The molecule has 2 rings (SSSR count). The van der Waals surface area contributed by atoms with Crippen LogP contribution in [0.5, 0.6) is 0 Å². The lowest BCUT2D eigenvalue weighted by molar-refractivity contribution is 0.0166. The van der Waals surface area contributed by atoms with Gasteiger partial charge in [-0.2, -0.15) is 0 Å². The van der Waals surface area contributed by atoms with Gasteiger partial charge in [-0.05, 0) is 25.3 Å². The predicted octanol–water partition coefficient (Wildman–Crippen LogP) is 2.65. The molecule has 1 N–H and O–H groups in total. The maximum absolute atomic E-state index is 12.0. The lowest BCUT2D eigenvalue weighted by atomic mass is 10.2. The molecule has 1 aromatic rings. The van der Waals surface area contributed by atoms with Crippen LogP contribution >= 0.6 is 23.2 Å². The van der Waals surface area contributed by atoms with Crippen LogP contribution in [0.3, 0.4) is 0 Å². The van der Waals surface area contributed by atoms with Crippen molar-refractivity contribution in [3.63, 3.8) is 0 Å². The van der Waals surface area contributed by atoms with Gasteiger partial charge in [-0.15, -0.1) is 0 Å². The molecule has 0 aliphatic carbocycles. The Morgan fingerprint density at radius 3 is 3.00 bits per heavy atom. The number of hydrogen-bond donors (Lipinski definition) is 1. The van der Waals surface area contributed by atoms with Crippen molar-refractivity contribution in [2.45, 2.75) is 25.4 Å². The van der Waals surface area contributed by atoms with E-state index in [9.17, 15) is 4.79 Å². The van der Waals surface area contributed by atoms with Crippen molar-refractivity contribution in [3.8, 4) is 0 Å². The predicted molar refractivity (Wildman–Crippen MR) is 82.2 cm³/mol. The molecule has 1 saturated heterocycles. The van der Waals surface area contributed by atoms with E-state index in [2.05, 4.69) is 5.32 Å². The van der Waals surface area contributed by atoms with Crippen LogP contribution in [0.25, 0.3) is 0 Å². The molecule has 0 spiro atoms. The molecule has 2 heterocycles. The van der Waals surface area contributed by atoms with Crippen LogP contribution in [0.15, 0.2) is 6.07 Å². The summed E-state index contributed by atoms with van der Waals surface area (Å²) in [6.07, 6.45) is 3.19. The van der Waals surface area contributed by atoms with Crippen LogP contribution in [0.4, 0.5) is 0 Å². The molecule has 118 valence electrons. The molecule has 0 aromatic carbocycles. The lowest BCUT2D eigenvalue weighted by Crippen LogP contribution is -2.27. The summed E-state index contributed by atoms with van der Waals surface area (Å²) in [5, 5.41) is 3.56. The quantitative estimate of drug-likeness (QED) is 0.780. The van der Waals surface area contributed by atoms with Crippen molar-refractivity contribution in [2.24, 2.45) is 7.05 Å². The SMILES string of the molecule is Cn1c(C(=O)NCCCOC[C@@H]2CCCO2)cc(Cl)c1Cl. The van der Waals surface area contributed by atoms with Gasteiger partial charge in [-0.25, -0.2) is 0 Å². The Bertz CT molecular complexity index is 485. The van der Waals surface area contributed by atoms with Crippen LogP contribution in [0.1, 0.15) is 29.8 Å². The Balaban J connectivity index is 1.61. The minimum Gasteiger partial charge on any atom is -0.379 e. The molecule has 1 amide bonds. The van der Waals surface area contributed by atoms with Gasteiger partial charge >= 0.3 is 0 Å². The highest BCUT2D eigenvalue weighted by Gasteiger charge is 2.16. The van der Waals surface area contributed by atoms with Gasteiger partial charge in [0.2, 0.25) is 0 Å². The van der Waals surface area contributed by atoms with Crippen molar-refractivity contribution in [1.82, 2.24) is 9.88 Å². The lowest BCUT2D eigenvalue weighted by Gasteiger charge is -2.10. The molecule has 0 saturated carbocycles. The van der Waals surface area contributed by atoms with Crippen molar-refractivity contribution in [2.75, 3.05) is 26.4 Å². The molecular weight excluding hydrogens is 315 g/mol. The average Bonchev–Trinajstić information content (AvgIpc) is 3.07. The molecular formula is C14H20Cl2N2O3. The van der Waals surface area contributed by atoms with Crippen molar-refractivity contribution in [3.05, 3.63) is 21.9 Å². The summed E-state index contributed by atoms with van der Waals surface area (Å²) in [6.45, 7) is 2.63. The second kappa shape index (κ2) is 8.03. The fraction of sp³-hybridized carbons (Fsp3) is 0.643. The number of carbonyl (C=O) groups is 1. The Kier molecular flexibility index (Phi) is 6.36. The largest absolute Gasteiger partial charge is 0.379 e. The third kappa shape index (κ3) is 4.61. The Morgan fingerprint density at radius 2 is 2.38 bits per heavy atom. The minimum absolute atomic E-state index is 0.189. The summed E-state index contributed by atoms with van der Waals surface area (Å²) in [7, 11) is 1.70. The minimum atomic E-state index is -0.189. The van der Waals surface area contributed by atoms with Crippen LogP contribution in [-0.4, -0.2) is 42.9 Å². The molecule has 5 nitrogen and oxygen atoms in total. The Labute approximate surface area is 134 Å². The smallest absolute Gasteiger partial charge is 0.267 e. The molecule has 1 atom stereocenters. The molecule has 1 aliphatic rings. The zero-order valence-electron chi connectivity index (χ0n) is 12.0. The summed E-state index contributed by atoms with van der Waals surface area (Å²) in [5.41, 5.74) is 0.449. The van der Waals surface area contributed by atoms with Crippen LogP contribution in [0.2, 0.25) is 10.2 Å². The van der Waals surface area contributed by atoms with Crippen molar-refractivity contribution < 1.29 is 14.3 Å². The first-order chi connectivity index (χ1) is 10.1. The summed E-state index contributed by atoms with van der Waals surface area (Å²) in [6, 6.07) is 1.56. The van der Waals surface area contributed by atoms with E-state index in [1.54, 1.807) is 17.7 Å². The van der Waals surface area contributed by atoms with Crippen LogP contribution < -0.4 is 5.32 Å². The number of nitrogens with zero attached hydrogens (tertiary/aromatic N) is 1. The first-order valence-corrected chi connectivity index (χ1v) is 7.83. The number of amides is 1. The summed E-state index contributed by atoms with van der Waals surface area (Å²) in [5.74, 6) is -0.189. The third-order valence-corrected chi connectivity index (χ3v) is 4.27. The number of rotatable bonds is 7. The molecule has 0 bridgehead atoms. The zero-order chi connectivity index (χ0) is 15.2. The van der Waals surface area contributed by atoms with E-state index in [4.69, 9.17) is 32.7 Å². The van der Waals surface area contributed by atoms with E-state index in [0.29, 0.717) is 35.6 Å². The van der Waals surface area contributed by atoms with E-state index in [1.165, 1.54) is 0 Å². The van der Waals surface area contributed by atoms with Crippen molar-refractivity contribution in [1.29, 1.82) is 0 Å². The Morgan fingerprint density at radius 1 is 1.57 bits per heavy atom. The van der Waals surface area contributed by atoms with Gasteiger partial charge < -0.3 is 19.4 Å². The topological polar surface area (TPSA) is 52.5 Å². The van der Waals surface area contributed by atoms with E-state index in [-0.39, 0.29) is 12.0 Å². The first-order valence-electron chi connectivity index (χ1n) is 7.08. The highest BCUT2D eigenvalue weighted by Crippen LogP contribution is 2.24. The van der Waals surface area contributed by atoms with Gasteiger partial charge in [-0.3, -0.25) is 4.79 Å². The highest BCUT2D eigenvalue weighted by atomic mass is 35.5. The zero-order valence-corrected chi connectivity index (χ0v) is 13.5. The number of halogens is 2. The highest BCUT2D eigenvalue weighted by molar-refractivity contribution is 6.41. The number of nitrogens with one attached hydrogen (secondary N) is 1. The number of hydrogen-bond acceptors (Lipinski definition) is 3. The number of aromatic nitrogens is 1. The first kappa shape index (κ1) is 16.6. The van der Waals surface area contributed by atoms with E-state index < -0.39 is 0 Å². The summed E-state index contributed by atoms with van der Waals surface area (Å²) < 4.78 is 12.6. The molecule has 1 aromatic heterocycles. The van der Waals surface area contributed by atoms with Gasteiger partial charge in [-0.1, -0.05) is 23.2 Å². The molecule has 21 heavy (non-hydrogen) atoms. The van der Waals surface area contributed by atoms with Gasteiger partial charge in [0.15, 0.2) is 0 Å². The summed E-state index contributed by atoms with van der Waals surface area (Å²) in [4.78, 5) is 12.0. The fourth-order valence-corrected chi connectivity index (χ4v) is 2.59. The van der Waals surface area contributed by atoms with E-state index >= 15 is 0 Å². The molecule has 0 radical (unpaired) electrons. The van der Waals surface area contributed by atoms with Gasteiger partial charge in [0.1, 0.15) is 10.8 Å². The molecule has 1 fully saturated rings. The molecule has 1 aliphatic heterocycles. The van der Waals surface area contributed by atoms with Gasteiger partial charge in [0.05, 0.1) is 17.7 Å². The maximum atomic E-state index is 12.0. The standard InChI is InChI=1S/C14H20Cl2N2O3/c1-18-12(8-11(15)13(18)16)14(19)17-5-3-6-20-9-10-4-2-7-21-10/h8,10H,2-7,9H2,1H3,(H,17,19)/t10-/m0/s1. The molecule has 7 heteroatoms. The average molecular weight is 335 g/mol. The fourth-order valence-electron chi connectivity index (χ4n) is 2.22. The van der Waals surface area contributed by atoms with Gasteiger partial charge in [0.25, 0.3) is 5.91 Å². The second-order valence-electron chi connectivity index (χ2n) is 5.05. The Hall–Kier alpha value is -0.750. The number of ether oxygens (including phenoxy) is 2.